The van der Waals surface area contributed by atoms with Gasteiger partial charge < -0.3 is 14.5 Å². The summed E-state index contributed by atoms with van der Waals surface area (Å²) in [6.07, 6.45) is 2.91. The molecule has 2 fully saturated rings. The van der Waals surface area contributed by atoms with Crippen LogP contribution in [0.2, 0.25) is 0 Å². The van der Waals surface area contributed by atoms with E-state index in [2.05, 4.69) is 10.2 Å². The first-order valence-corrected chi connectivity index (χ1v) is 9.52. The van der Waals surface area contributed by atoms with Crippen molar-refractivity contribution in [2.45, 2.75) is 25.3 Å². The van der Waals surface area contributed by atoms with E-state index in [1.807, 2.05) is 35.2 Å². The molecule has 1 N–H and O–H groups in total. The summed E-state index contributed by atoms with van der Waals surface area (Å²) in [4.78, 5) is 29.3. The zero-order valence-electron chi connectivity index (χ0n) is 15.3. The minimum Gasteiger partial charge on any atom is -0.378 e. The van der Waals surface area contributed by atoms with Gasteiger partial charge in [0, 0.05) is 25.2 Å². The van der Waals surface area contributed by atoms with Crippen LogP contribution in [0.4, 0.5) is 0 Å². The van der Waals surface area contributed by atoms with Crippen molar-refractivity contribution in [3.8, 4) is 0 Å². The van der Waals surface area contributed by atoms with Gasteiger partial charge in [0.15, 0.2) is 0 Å². The Morgan fingerprint density at radius 3 is 2.59 bits per heavy atom. The topological polar surface area (TPSA) is 78.5 Å². The molecule has 27 heavy (non-hydrogen) atoms. The number of benzene rings is 1. The summed E-state index contributed by atoms with van der Waals surface area (Å²) in [6, 6.07) is 11.1. The van der Waals surface area contributed by atoms with Crippen LogP contribution in [0.15, 0.2) is 36.4 Å². The number of hydrogen-bond acceptors (Lipinski definition) is 4. The lowest BCUT2D eigenvalue weighted by molar-refractivity contribution is 0.0299. The predicted octanol–water partition coefficient (Wildman–Crippen LogP) is 2.25. The second-order valence-corrected chi connectivity index (χ2v) is 6.99. The van der Waals surface area contributed by atoms with Crippen LogP contribution < -0.4 is 0 Å². The summed E-state index contributed by atoms with van der Waals surface area (Å²) < 4.78 is 5.30. The number of piperidine rings is 1. The Kier molecular flexibility index (Phi) is 5.20. The third-order valence-corrected chi connectivity index (χ3v) is 5.26. The number of likely N-dealkylation sites (tertiary alicyclic amines) is 1. The van der Waals surface area contributed by atoms with Crippen molar-refractivity contribution in [1.82, 2.24) is 20.0 Å². The van der Waals surface area contributed by atoms with Crippen LogP contribution >= 0.6 is 0 Å². The fourth-order valence-corrected chi connectivity index (χ4v) is 3.79. The van der Waals surface area contributed by atoms with Gasteiger partial charge in [-0.1, -0.05) is 18.2 Å². The molecule has 0 spiro atoms. The van der Waals surface area contributed by atoms with Gasteiger partial charge in [-0.25, -0.2) is 0 Å². The van der Waals surface area contributed by atoms with Gasteiger partial charge in [0.2, 0.25) is 0 Å². The van der Waals surface area contributed by atoms with Crippen molar-refractivity contribution in [3.63, 3.8) is 0 Å². The van der Waals surface area contributed by atoms with Gasteiger partial charge in [-0.15, -0.1) is 0 Å². The Labute approximate surface area is 158 Å². The highest BCUT2D eigenvalue weighted by Gasteiger charge is 2.31. The van der Waals surface area contributed by atoms with E-state index in [-0.39, 0.29) is 17.9 Å². The van der Waals surface area contributed by atoms with Gasteiger partial charge in [0.1, 0.15) is 5.69 Å². The van der Waals surface area contributed by atoms with E-state index in [9.17, 15) is 9.59 Å². The summed E-state index contributed by atoms with van der Waals surface area (Å²) in [5.41, 5.74) is 1.92. The van der Waals surface area contributed by atoms with E-state index in [1.165, 1.54) is 0 Å². The Hall–Kier alpha value is -2.67. The molecule has 0 unspecified atom stereocenters. The number of amides is 2. The molecular formula is C20H24N4O3. The molecule has 2 saturated heterocycles. The summed E-state index contributed by atoms with van der Waals surface area (Å²) in [5, 5.41) is 7.25. The predicted molar refractivity (Wildman–Crippen MR) is 99.4 cm³/mol. The number of morpholine rings is 1. The lowest BCUT2D eigenvalue weighted by atomic mass is 9.98. The number of rotatable bonds is 3. The molecule has 4 rings (SSSR count). The molecule has 0 radical (unpaired) electrons. The molecule has 0 aliphatic carbocycles. The van der Waals surface area contributed by atoms with Crippen molar-refractivity contribution in [1.29, 1.82) is 0 Å². The number of aromatic nitrogens is 2. The molecule has 0 saturated carbocycles. The summed E-state index contributed by atoms with van der Waals surface area (Å²) >= 11 is 0. The molecular weight excluding hydrogens is 344 g/mol. The first-order valence-electron chi connectivity index (χ1n) is 9.52. The van der Waals surface area contributed by atoms with Crippen LogP contribution in [0.1, 0.15) is 51.8 Å². The number of carbonyl (C=O) groups excluding carboxylic acids is 2. The standard InChI is InChI=1S/C20H24N4O3/c25-19(15-6-2-1-3-7-15)24-9-5-4-8-18(24)16-14-17(22-21-16)20(26)23-10-12-27-13-11-23/h1-3,6-7,14,18H,4-5,8-13H2,(H,21,22)/t18-/m1/s1. The minimum absolute atomic E-state index is 0.0240. The minimum atomic E-state index is -0.0856. The molecule has 3 heterocycles. The number of nitrogens with zero attached hydrogens (tertiary/aromatic N) is 3. The molecule has 1 aromatic heterocycles. The van der Waals surface area contributed by atoms with Crippen LogP contribution in [-0.2, 0) is 4.74 Å². The van der Waals surface area contributed by atoms with Crippen LogP contribution in [0, 0.1) is 0 Å². The fraction of sp³-hybridized carbons (Fsp3) is 0.450. The molecule has 7 nitrogen and oxygen atoms in total. The Morgan fingerprint density at radius 1 is 1.04 bits per heavy atom. The molecule has 142 valence electrons. The van der Waals surface area contributed by atoms with E-state index in [0.29, 0.717) is 44.1 Å². The molecule has 0 bridgehead atoms. The van der Waals surface area contributed by atoms with E-state index >= 15 is 0 Å². The second kappa shape index (κ2) is 7.92. The Bertz CT molecular complexity index is 799. The number of H-pyrrole nitrogens is 1. The first kappa shape index (κ1) is 17.7. The summed E-state index contributed by atoms with van der Waals surface area (Å²) in [6.45, 7) is 3.01. The zero-order chi connectivity index (χ0) is 18.6. The zero-order valence-corrected chi connectivity index (χ0v) is 15.3. The van der Waals surface area contributed by atoms with Crippen LogP contribution in [0.5, 0.6) is 0 Å². The van der Waals surface area contributed by atoms with E-state index < -0.39 is 0 Å². The fourth-order valence-electron chi connectivity index (χ4n) is 3.79. The molecule has 7 heteroatoms. The smallest absolute Gasteiger partial charge is 0.274 e. The number of hydrogen-bond donors (Lipinski definition) is 1. The van der Waals surface area contributed by atoms with Crippen molar-refractivity contribution in [3.05, 3.63) is 53.3 Å². The van der Waals surface area contributed by atoms with Gasteiger partial charge in [-0.3, -0.25) is 14.7 Å². The molecule has 1 atom stereocenters. The maximum absolute atomic E-state index is 13.0. The molecule has 2 aromatic rings. The third kappa shape index (κ3) is 3.73. The largest absolute Gasteiger partial charge is 0.378 e. The van der Waals surface area contributed by atoms with Crippen molar-refractivity contribution in [2.75, 3.05) is 32.8 Å². The number of aromatic amines is 1. The number of ether oxygens (including phenoxy) is 1. The van der Waals surface area contributed by atoms with Crippen molar-refractivity contribution >= 4 is 11.8 Å². The van der Waals surface area contributed by atoms with Gasteiger partial charge >= 0.3 is 0 Å². The first-order chi connectivity index (χ1) is 13.2. The van der Waals surface area contributed by atoms with Gasteiger partial charge in [0.25, 0.3) is 11.8 Å². The van der Waals surface area contributed by atoms with Gasteiger partial charge in [-0.2, -0.15) is 5.10 Å². The lowest BCUT2D eigenvalue weighted by Crippen LogP contribution is -2.40. The molecule has 2 aliphatic heterocycles. The van der Waals surface area contributed by atoms with Crippen LogP contribution in [0.3, 0.4) is 0 Å². The quantitative estimate of drug-likeness (QED) is 0.901. The summed E-state index contributed by atoms with van der Waals surface area (Å²) in [5.74, 6) is -0.0616. The monoisotopic (exact) mass is 368 g/mol. The average Bonchev–Trinajstić information content (AvgIpc) is 3.24. The highest BCUT2D eigenvalue weighted by Crippen LogP contribution is 2.31. The highest BCUT2D eigenvalue weighted by atomic mass is 16.5. The Balaban J connectivity index is 1.53. The van der Waals surface area contributed by atoms with Crippen molar-refractivity contribution in [2.24, 2.45) is 0 Å². The summed E-state index contributed by atoms with van der Waals surface area (Å²) in [7, 11) is 0. The molecule has 2 amide bonds. The normalized spacial score (nSPS) is 20.5. The van der Waals surface area contributed by atoms with E-state index in [1.54, 1.807) is 11.0 Å². The molecule has 1 aromatic carbocycles. The van der Waals surface area contributed by atoms with Gasteiger partial charge in [0.05, 0.1) is 24.9 Å². The second-order valence-electron chi connectivity index (χ2n) is 6.99. The van der Waals surface area contributed by atoms with Gasteiger partial charge in [-0.05, 0) is 37.5 Å². The van der Waals surface area contributed by atoms with E-state index in [0.717, 1.165) is 25.0 Å². The average molecular weight is 368 g/mol. The maximum Gasteiger partial charge on any atom is 0.274 e. The number of carbonyl (C=O) groups is 2. The lowest BCUT2D eigenvalue weighted by Gasteiger charge is -2.35. The van der Waals surface area contributed by atoms with Crippen molar-refractivity contribution < 1.29 is 14.3 Å². The van der Waals surface area contributed by atoms with Crippen LogP contribution in [0.25, 0.3) is 0 Å². The Morgan fingerprint density at radius 2 is 1.81 bits per heavy atom. The highest BCUT2D eigenvalue weighted by molar-refractivity contribution is 5.95. The SMILES string of the molecule is O=C(c1cc([C@H]2CCCCN2C(=O)c2ccccc2)[nH]n1)N1CCOCC1. The molecule has 2 aliphatic rings. The van der Waals surface area contributed by atoms with Crippen LogP contribution in [-0.4, -0.2) is 64.7 Å². The third-order valence-electron chi connectivity index (χ3n) is 5.26. The maximum atomic E-state index is 13.0. The van der Waals surface area contributed by atoms with E-state index in [4.69, 9.17) is 4.74 Å². The number of nitrogens with one attached hydrogen (secondary N) is 1.